The largest absolute Gasteiger partial charge is 0.481 e. The van der Waals surface area contributed by atoms with Crippen molar-refractivity contribution in [1.82, 2.24) is 30.0 Å². The summed E-state index contributed by atoms with van der Waals surface area (Å²) in [5.41, 5.74) is 1.48. The first-order chi connectivity index (χ1) is 16.5. The second-order valence-electron chi connectivity index (χ2n) is 9.06. The number of carbonyl (C=O) groups excluding carboxylic acids is 1. The Bertz CT molecular complexity index is 1140. The lowest BCUT2D eigenvalue weighted by Crippen LogP contribution is -2.58. The maximum Gasteiger partial charge on any atom is 0.272 e. The normalized spacial score (nSPS) is 21.7. The van der Waals surface area contributed by atoms with E-state index >= 15 is 0 Å². The number of ether oxygens (including phenoxy) is 1. The number of pyridine rings is 1. The van der Waals surface area contributed by atoms with Crippen molar-refractivity contribution < 1.29 is 9.53 Å². The highest BCUT2D eigenvalue weighted by molar-refractivity contribution is 5.92. The van der Waals surface area contributed by atoms with E-state index in [2.05, 4.69) is 35.3 Å². The van der Waals surface area contributed by atoms with Gasteiger partial charge in [0.2, 0.25) is 11.8 Å². The topological polar surface area (TPSA) is 112 Å². The zero-order valence-corrected chi connectivity index (χ0v) is 19.7. The van der Waals surface area contributed by atoms with Gasteiger partial charge < -0.3 is 19.9 Å². The molecule has 10 nitrogen and oxygen atoms in total. The molecule has 3 aromatic heterocycles. The van der Waals surface area contributed by atoms with Crippen molar-refractivity contribution in [3.05, 3.63) is 47.9 Å². The smallest absolute Gasteiger partial charge is 0.272 e. The second-order valence-corrected chi connectivity index (χ2v) is 9.06. The van der Waals surface area contributed by atoms with Crippen molar-refractivity contribution in [2.45, 2.75) is 57.2 Å². The number of H-pyrrole nitrogens is 1. The van der Waals surface area contributed by atoms with E-state index in [1.165, 1.54) is 0 Å². The molecular weight excluding hydrogens is 432 g/mol. The number of amides is 1. The van der Waals surface area contributed by atoms with Crippen LogP contribution >= 0.6 is 0 Å². The molecule has 2 aliphatic rings. The van der Waals surface area contributed by atoms with Gasteiger partial charge in [0, 0.05) is 49.2 Å². The molecule has 2 bridgehead atoms. The molecule has 0 spiro atoms. The molecule has 3 atom stereocenters. The molecule has 178 valence electrons. The molecule has 0 saturated carbocycles. The monoisotopic (exact) mass is 462 g/mol. The summed E-state index contributed by atoms with van der Waals surface area (Å²) < 4.78 is 5.44. The van der Waals surface area contributed by atoms with Crippen LogP contribution in [0.3, 0.4) is 0 Å². The van der Waals surface area contributed by atoms with Crippen LogP contribution in [-0.4, -0.2) is 68.2 Å². The lowest BCUT2D eigenvalue weighted by Gasteiger charge is -2.50. The van der Waals surface area contributed by atoms with Crippen LogP contribution in [-0.2, 0) is 0 Å². The van der Waals surface area contributed by atoms with E-state index < -0.39 is 0 Å². The maximum atomic E-state index is 13.3. The van der Waals surface area contributed by atoms with Gasteiger partial charge in [0.25, 0.3) is 5.91 Å². The van der Waals surface area contributed by atoms with Gasteiger partial charge in [-0.2, -0.15) is 15.1 Å². The standard InChI is InChI=1S/C24H30N8O2/c1-15-11-21(30-29-15)26-20-14-22(34-3)28-24(27-20)31(2)18-12-16-7-6-8-17(13-18)32(16)23(33)19-9-4-5-10-25-19/h4-5,9-11,14,16-18H,6-8,12-13H2,1-3H3,(H2,26,27,28,29,30)/t16-,17+,18-. The van der Waals surface area contributed by atoms with Gasteiger partial charge in [0.1, 0.15) is 11.5 Å². The van der Waals surface area contributed by atoms with E-state index in [0.29, 0.717) is 29.2 Å². The number of methoxy groups -OCH3 is 1. The molecule has 0 aromatic carbocycles. The van der Waals surface area contributed by atoms with Gasteiger partial charge in [-0.25, -0.2) is 0 Å². The average Bonchev–Trinajstić information content (AvgIpc) is 3.26. The number of anilines is 3. The van der Waals surface area contributed by atoms with E-state index in [-0.39, 0.29) is 24.0 Å². The molecule has 2 saturated heterocycles. The van der Waals surface area contributed by atoms with Gasteiger partial charge >= 0.3 is 0 Å². The Labute approximate surface area is 198 Å². The number of aromatic amines is 1. The summed E-state index contributed by atoms with van der Waals surface area (Å²) in [6.45, 7) is 1.94. The highest BCUT2D eigenvalue weighted by Gasteiger charge is 2.43. The molecule has 10 heteroatoms. The van der Waals surface area contributed by atoms with Crippen molar-refractivity contribution in [2.75, 3.05) is 24.4 Å². The van der Waals surface area contributed by atoms with E-state index in [0.717, 1.165) is 37.8 Å². The molecule has 2 fully saturated rings. The summed E-state index contributed by atoms with van der Waals surface area (Å²) in [5.74, 6) is 2.40. The lowest BCUT2D eigenvalue weighted by molar-refractivity contribution is 0.0232. The molecule has 1 amide bonds. The Balaban J connectivity index is 1.36. The molecular formula is C24H30N8O2. The molecule has 3 aromatic rings. The number of fused-ring (bicyclic) bond motifs is 2. The molecule has 2 aliphatic heterocycles. The first-order valence-electron chi connectivity index (χ1n) is 11.7. The first-order valence-corrected chi connectivity index (χ1v) is 11.7. The van der Waals surface area contributed by atoms with Gasteiger partial charge in [-0.1, -0.05) is 6.07 Å². The minimum Gasteiger partial charge on any atom is -0.481 e. The predicted molar refractivity (Wildman–Crippen MR) is 128 cm³/mol. The Hall–Kier alpha value is -3.69. The Morgan fingerprint density at radius 2 is 1.97 bits per heavy atom. The molecule has 5 rings (SSSR count). The fraction of sp³-hybridized carbons (Fsp3) is 0.458. The third-order valence-electron chi connectivity index (χ3n) is 6.79. The number of hydrogen-bond acceptors (Lipinski definition) is 8. The minimum atomic E-state index is 0.0369. The zero-order chi connectivity index (χ0) is 23.7. The summed E-state index contributed by atoms with van der Waals surface area (Å²) in [6.07, 6.45) is 6.57. The van der Waals surface area contributed by atoms with E-state index in [9.17, 15) is 4.79 Å². The van der Waals surface area contributed by atoms with Gasteiger partial charge in [0.15, 0.2) is 5.82 Å². The van der Waals surface area contributed by atoms with Gasteiger partial charge in [0.05, 0.1) is 7.11 Å². The Kier molecular flexibility index (Phi) is 6.04. The number of hydrogen-bond donors (Lipinski definition) is 2. The van der Waals surface area contributed by atoms with Gasteiger partial charge in [-0.05, 0) is 51.2 Å². The van der Waals surface area contributed by atoms with Crippen molar-refractivity contribution in [2.24, 2.45) is 0 Å². The van der Waals surface area contributed by atoms with Crippen LogP contribution in [0.15, 0.2) is 36.5 Å². The number of carbonyl (C=O) groups is 1. The van der Waals surface area contributed by atoms with Gasteiger partial charge in [-0.15, -0.1) is 0 Å². The van der Waals surface area contributed by atoms with Crippen LogP contribution in [0, 0.1) is 6.92 Å². The number of aryl methyl sites for hydroxylation is 1. The fourth-order valence-corrected chi connectivity index (χ4v) is 5.14. The van der Waals surface area contributed by atoms with Crippen LogP contribution in [0.2, 0.25) is 0 Å². The van der Waals surface area contributed by atoms with Crippen molar-refractivity contribution >= 4 is 23.5 Å². The zero-order valence-electron chi connectivity index (χ0n) is 19.7. The van der Waals surface area contributed by atoms with Gasteiger partial charge in [-0.3, -0.25) is 14.9 Å². The summed E-state index contributed by atoms with van der Waals surface area (Å²) in [7, 11) is 3.62. The third-order valence-corrected chi connectivity index (χ3v) is 6.79. The average molecular weight is 463 g/mol. The fourth-order valence-electron chi connectivity index (χ4n) is 5.14. The number of nitrogens with zero attached hydrogens (tertiary/aromatic N) is 6. The summed E-state index contributed by atoms with van der Waals surface area (Å²) in [6, 6.07) is 9.76. The number of piperidine rings is 2. The van der Waals surface area contributed by atoms with E-state index in [4.69, 9.17) is 9.72 Å². The van der Waals surface area contributed by atoms with Crippen LogP contribution in [0.1, 0.15) is 48.3 Å². The third kappa shape index (κ3) is 4.40. The van der Waals surface area contributed by atoms with Crippen LogP contribution in [0.25, 0.3) is 0 Å². The molecule has 5 heterocycles. The van der Waals surface area contributed by atoms with Crippen molar-refractivity contribution in [3.8, 4) is 5.88 Å². The second kappa shape index (κ2) is 9.28. The molecule has 2 N–H and O–H groups in total. The number of nitrogens with one attached hydrogen (secondary N) is 2. The summed E-state index contributed by atoms with van der Waals surface area (Å²) in [5, 5.41) is 10.4. The van der Waals surface area contributed by atoms with Crippen molar-refractivity contribution in [1.29, 1.82) is 0 Å². The predicted octanol–water partition coefficient (Wildman–Crippen LogP) is 3.32. The van der Waals surface area contributed by atoms with Crippen LogP contribution in [0.4, 0.5) is 17.6 Å². The van der Waals surface area contributed by atoms with Crippen LogP contribution in [0.5, 0.6) is 5.88 Å². The SMILES string of the molecule is COc1cc(Nc2cc(C)[nH]n2)nc(N(C)[C@@H]2C[C@H]3CCC[C@@H](C2)N3C(=O)c2ccccn2)n1. The summed E-state index contributed by atoms with van der Waals surface area (Å²) in [4.78, 5) is 31.1. The molecule has 34 heavy (non-hydrogen) atoms. The minimum absolute atomic E-state index is 0.0369. The maximum absolute atomic E-state index is 13.3. The number of aromatic nitrogens is 5. The quantitative estimate of drug-likeness (QED) is 0.574. The first kappa shape index (κ1) is 22.1. The van der Waals surface area contributed by atoms with E-state index in [1.54, 1.807) is 25.4 Å². The van der Waals surface area contributed by atoms with E-state index in [1.807, 2.05) is 32.2 Å². The van der Waals surface area contributed by atoms with Crippen LogP contribution < -0.4 is 15.0 Å². The van der Waals surface area contributed by atoms with Crippen molar-refractivity contribution in [3.63, 3.8) is 0 Å². The summed E-state index contributed by atoms with van der Waals surface area (Å²) >= 11 is 0. The Morgan fingerprint density at radius 1 is 1.18 bits per heavy atom. The molecule has 0 radical (unpaired) electrons. The molecule has 0 unspecified atom stereocenters. The Morgan fingerprint density at radius 3 is 2.62 bits per heavy atom. The highest BCUT2D eigenvalue weighted by Crippen LogP contribution is 2.37. The highest BCUT2D eigenvalue weighted by atomic mass is 16.5. The molecule has 0 aliphatic carbocycles. The lowest BCUT2D eigenvalue weighted by atomic mass is 9.81. The number of rotatable bonds is 6.